The van der Waals surface area contributed by atoms with Crippen LogP contribution >= 0.6 is 22.9 Å². The SMILES string of the molecule is Cc1nn(-c2nc3sccn3c2CNC(C)(C)C)cc1Cl. The molecule has 3 heterocycles. The van der Waals surface area contributed by atoms with Gasteiger partial charge < -0.3 is 5.32 Å². The minimum atomic E-state index is 0.0368. The van der Waals surface area contributed by atoms with Gasteiger partial charge in [-0.25, -0.2) is 4.68 Å². The molecule has 0 saturated carbocycles. The summed E-state index contributed by atoms with van der Waals surface area (Å²) in [5, 5.41) is 10.6. The highest BCUT2D eigenvalue weighted by Gasteiger charge is 2.18. The Bertz CT molecular complexity index is 758. The summed E-state index contributed by atoms with van der Waals surface area (Å²) in [6.07, 6.45) is 3.85. The number of aryl methyl sites for hydroxylation is 1. The molecule has 0 spiro atoms. The zero-order chi connectivity index (χ0) is 15.2. The van der Waals surface area contributed by atoms with E-state index in [1.54, 1.807) is 16.0 Å². The number of imidazole rings is 1. The highest BCUT2D eigenvalue weighted by Crippen LogP contribution is 2.23. The first-order valence-electron chi connectivity index (χ1n) is 6.77. The number of nitrogens with zero attached hydrogens (tertiary/aromatic N) is 4. The molecule has 0 unspecified atom stereocenters. The van der Waals surface area contributed by atoms with Gasteiger partial charge in [0.25, 0.3) is 0 Å². The largest absolute Gasteiger partial charge is 0.306 e. The Labute approximate surface area is 132 Å². The standard InChI is InChI=1S/C14H18ClN5S/c1-9-10(15)8-20(18-9)12-11(7-16-14(2,3)4)19-5-6-21-13(19)17-12/h5-6,8,16H,7H2,1-4H3. The molecule has 0 saturated heterocycles. The van der Waals surface area contributed by atoms with E-state index in [0.717, 1.165) is 22.2 Å². The Kier molecular flexibility index (Phi) is 3.55. The molecule has 0 bridgehead atoms. The first kappa shape index (κ1) is 14.6. The van der Waals surface area contributed by atoms with Crippen LogP contribution in [0.15, 0.2) is 17.8 Å². The van der Waals surface area contributed by atoms with Gasteiger partial charge in [-0.15, -0.1) is 11.3 Å². The molecule has 0 atom stereocenters. The van der Waals surface area contributed by atoms with Gasteiger partial charge in [0, 0.05) is 23.7 Å². The van der Waals surface area contributed by atoms with Crippen molar-refractivity contribution in [3.63, 3.8) is 0 Å². The summed E-state index contributed by atoms with van der Waals surface area (Å²) < 4.78 is 3.86. The quantitative estimate of drug-likeness (QED) is 0.803. The van der Waals surface area contributed by atoms with Crippen molar-refractivity contribution in [1.82, 2.24) is 24.5 Å². The molecular formula is C14H18ClN5S. The summed E-state index contributed by atoms with van der Waals surface area (Å²) in [5.41, 5.74) is 1.93. The van der Waals surface area contributed by atoms with Crippen LogP contribution in [-0.2, 0) is 6.54 Å². The van der Waals surface area contributed by atoms with Gasteiger partial charge in [-0.2, -0.15) is 10.1 Å². The summed E-state index contributed by atoms with van der Waals surface area (Å²) in [6.45, 7) is 9.05. The highest BCUT2D eigenvalue weighted by atomic mass is 35.5. The molecule has 7 heteroatoms. The maximum atomic E-state index is 6.12. The van der Waals surface area contributed by atoms with Crippen LogP contribution in [0.4, 0.5) is 0 Å². The normalized spacial score (nSPS) is 12.4. The Morgan fingerprint density at radius 3 is 2.76 bits per heavy atom. The van der Waals surface area contributed by atoms with E-state index >= 15 is 0 Å². The maximum Gasteiger partial charge on any atom is 0.196 e. The summed E-state index contributed by atoms with van der Waals surface area (Å²) in [7, 11) is 0. The van der Waals surface area contributed by atoms with Gasteiger partial charge in [-0.3, -0.25) is 4.40 Å². The van der Waals surface area contributed by atoms with Crippen molar-refractivity contribution in [2.24, 2.45) is 0 Å². The van der Waals surface area contributed by atoms with Crippen molar-refractivity contribution >= 4 is 27.9 Å². The van der Waals surface area contributed by atoms with Gasteiger partial charge in [0.2, 0.25) is 0 Å². The lowest BCUT2D eigenvalue weighted by Crippen LogP contribution is -2.35. The molecule has 5 nitrogen and oxygen atoms in total. The fourth-order valence-electron chi connectivity index (χ4n) is 2.07. The van der Waals surface area contributed by atoms with Gasteiger partial charge in [-0.05, 0) is 27.7 Å². The van der Waals surface area contributed by atoms with Crippen LogP contribution in [0.1, 0.15) is 32.2 Å². The molecule has 0 fully saturated rings. The lowest BCUT2D eigenvalue weighted by Gasteiger charge is -2.20. The van der Waals surface area contributed by atoms with E-state index in [9.17, 15) is 0 Å². The fourth-order valence-corrected chi connectivity index (χ4v) is 2.92. The van der Waals surface area contributed by atoms with Crippen LogP contribution < -0.4 is 5.32 Å². The lowest BCUT2D eigenvalue weighted by atomic mass is 10.1. The van der Waals surface area contributed by atoms with Crippen molar-refractivity contribution in [3.8, 4) is 5.82 Å². The molecule has 21 heavy (non-hydrogen) atoms. The van der Waals surface area contributed by atoms with E-state index in [1.165, 1.54) is 0 Å². The zero-order valence-corrected chi connectivity index (χ0v) is 14.1. The van der Waals surface area contributed by atoms with E-state index in [2.05, 4.69) is 40.6 Å². The molecule has 3 rings (SSSR count). The summed E-state index contributed by atoms with van der Waals surface area (Å²) >= 11 is 7.73. The summed E-state index contributed by atoms with van der Waals surface area (Å²) in [6, 6.07) is 0. The summed E-state index contributed by atoms with van der Waals surface area (Å²) in [5.74, 6) is 0.827. The molecule has 1 N–H and O–H groups in total. The lowest BCUT2D eigenvalue weighted by molar-refractivity contribution is 0.420. The number of hydrogen-bond donors (Lipinski definition) is 1. The highest BCUT2D eigenvalue weighted by molar-refractivity contribution is 7.15. The molecule has 0 aliphatic carbocycles. The Morgan fingerprint density at radius 1 is 1.38 bits per heavy atom. The van der Waals surface area contributed by atoms with Gasteiger partial charge in [0.15, 0.2) is 10.8 Å². The van der Waals surface area contributed by atoms with Crippen LogP contribution in [-0.4, -0.2) is 24.7 Å². The van der Waals surface area contributed by atoms with E-state index in [1.807, 2.05) is 24.7 Å². The fraction of sp³-hybridized carbons (Fsp3) is 0.429. The van der Waals surface area contributed by atoms with Gasteiger partial charge in [0.05, 0.1) is 22.6 Å². The third kappa shape index (κ3) is 2.84. The smallest absolute Gasteiger partial charge is 0.196 e. The van der Waals surface area contributed by atoms with Crippen LogP contribution in [0, 0.1) is 6.92 Å². The number of halogens is 1. The Morgan fingerprint density at radius 2 is 2.14 bits per heavy atom. The van der Waals surface area contributed by atoms with Crippen LogP contribution in [0.25, 0.3) is 10.8 Å². The average molecular weight is 324 g/mol. The monoisotopic (exact) mass is 323 g/mol. The number of nitrogens with one attached hydrogen (secondary N) is 1. The van der Waals surface area contributed by atoms with E-state index < -0.39 is 0 Å². The van der Waals surface area contributed by atoms with Gasteiger partial charge in [0.1, 0.15) is 0 Å². The van der Waals surface area contributed by atoms with Crippen LogP contribution in [0.2, 0.25) is 5.02 Å². The number of hydrogen-bond acceptors (Lipinski definition) is 4. The molecule has 112 valence electrons. The third-order valence-electron chi connectivity index (χ3n) is 3.18. The number of fused-ring (bicyclic) bond motifs is 1. The van der Waals surface area contributed by atoms with Crippen LogP contribution in [0.3, 0.4) is 0 Å². The maximum absolute atomic E-state index is 6.12. The van der Waals surface area contributed by atoms with E-state index in [4.69, 9.17) is 11.6 Å². The molecule has 0 aromatic carbocycles. The predicted octanol–water partition coefficient (Wildman–Crippen LogP) is 3.43. The molecule has 0 aliphatic rings. The topological polar surface area (TPSA) is 47.2 Å². The minimum Gasteiger partial charge on any atom is -0.306 e. The van der Waals surface area contributed by atoms with Crippen molar-refractivity contribution in [2.45, 2.75) is 39.8 Å². The number of thiazole rings is 1. The second-order valence-electron chi connectivity index (χ2n) is 6.05. The van der Waals surface area contributed by atoms with Crippen LogP contribution in [0.5, 0.6) is 0 Å². The summed E-state index contributed by atoms with van der Waals surface area (Å²) in [4.78, 5) is 5.64. The van der Waals surface area contributed by atoms with Crippen molar-refractivity contribution < 1.29 is 0 Å². The van der Waals surface area contributed by atoms with E-state index in [0.29, 0.717) is 11.6 Å². The first-order valence-corrected chi connectivity index (χ1v) is 8.02. The second kappa shape index (κ2) is 5.12. The third-order valence-corrected chi connectivity index (χ3v) is 4.31. The Balaban J connectivity index is 2.07. The number of aromatic nitrogens is 4. The number of rotatable bonds is 3. The first-order chi connectivity index (χ1) is 9.85. The van der Waals surface area contributed by atoms with Crippen molar-refractivity contribution in [1.29, 1.82) is 0 Å². The molecule has 0 radical (unpaired) electrons. The second-order valence-corrected chi connectivity index (χ2v) is 7.33. The minimum absolute atomic E-state index is 0.0368. The molecule has 0 aliphatic heterocycles. The van der Waals surface area contributed by atoms with Crippen molar-refractivity contribution in [2.75, 3.05) is 0 Å². The van der Waals surface area contributed by atoms with Crippen molar-refractivity contribution in [3.05, 3.63) is 34.2 Å². The van der Waals surface area contributed by atoms with Gasteiger partial charge >= 0.3 is 0 Å². The molecular weight excluding hydrogens is 306 g/mol. The molecule has 3 aromatic heterocycles. The Hall–Kier alpha value is -1.37. The average Bonchev–Trinajstić information content (AvgIpc) is 3.01. The van der Waals surface area contributed by atoms with E-state index in [-0.39, 0.29) is 5.54 Å². The zero-order valence-electron chi connectivity index (χ0n) is 12.5. The molecule has 3 aromatic rings. The molecule has 0 amide bonds. The predicted molar refractivity (Wildman–Crippen MR) is 86.5 cm³/mol. The van der Waals surface area contributed by atoms with Gasteiger partial charge in [-0.1, -0.05) is 11.6 Å².